The van der Waals surface area contributed by atoms with Crippen LogP contribution in [0.3, 0.4) is 0 Å². The monoisotopic (exact) mass is 1180 g/mol. The van der Waals surface area contributed by atoms with Gasteiger partial charge in [-0.3, -0.25) is 0 Å². The van der Waals surface area contributed by atoms with Gasteiger partial charge in [0.25, 0.3) is 0 Å². The van der Waals surface area contributed by atoms with Crippen LogP contribution in [-0.4, -0.2) is 4.57 Å². The summed E-state index contributed by atoms with van der Waals surface area (Å²) in [5.41, 5.74) is 22.3. The molecule has 5 nitrogen and oxygen atoms in total. The molecular weight excluding hydrogens is 1130 g/mol. The first-order valence-electron chi connectivity index (χ1n) is 31.0. The molecule has 0 N–H and O–H groups in total. The summed E-state index contributed by atoms with van der Waals surface area (Å²) in [5, 5.41) is 6.97. The SMILES string of the molecule is c1ccc(N(c2ccccc2)c2ccc3c4c(-c5ccc6oc7cccc(N(c8ccc(-c9ccc%10sc%11ccccc%11c%10c9)cc8)c8ccc9c(c8)C8(c%10ccccc%10O9)c9ccccc9-c9ccccc98)c7c6c5)cccc4n(-c4ccccc4)c3c2)cc1. The van der Waals surface area contributed by atoms with Gasteiger partial charge >= 0.3 is 0 Å². The summed E-state index contributed by atoms with van der Waals surface area (Å²) in [6.07, 6.45) is 0. The number of hydrogen-bond donors (Lipinski definition) is 0. The molecule has 91 heavy (non-hydrogen) atoms. The average Bonchev–Trinajstić information content (AvgIpc) is 1.58. The number of rotatable bonds is 9. The predicted octanol–water partition coefficient (Wildman–Crippen LogP) is 23.8. The van der Waals surface area contributed by atoms with Crippen molar-refractivity contribution in [3.05, 3.63) is 344 Å². The number of para-hydroxylation sites is 4. The highest BCUT2D eigenvalue weighted by atomic mass is 32.1. The number of nitrogens with zero attached hydrogens (tertiary/aromatic N) is 3. The van der Waals surface area contributed by atoms with Crippen molar-refractivity contribution in [2.24, 2.45) is 0 Å². The third-order valence-electron chi connectivity index (χ3n) is 19.0. The summed E-state index contributed by atoms with van der Waals surface area (Å²) < 4.78 is 19.0. The smallest absolute Gasteiger partial charge is 0.137 e. The van der Waals surface area contributed by atoms with E-state index in [1.54, 1.807) is 0 Å². The van der Waals surface area contributed by atoms with E-state index in [4.69, 9.17) is 9.15 Å². The van der Waals surface area contributed by atoms with Crippen molar-refractivity contribution in [3.63, 3.8) is 0 Å². The van der Waals surface area contributed by atoms with E-state index in [1.807, 2.05) is 11.3 Å². The van der Waals surface area contributed by atoms with Gasteiger partial charge in [0.15, 0.2) is 0 Å². The lowest BCUT2D eigenvalue weighted by atomic mass is 9.66. The lowest BCUT2D eigenvalue weighted by Crippen LogP contribution is -2.32. The van der Waals surface area contributed by atoms with Crippen LogP contribution in [0.5, 0.6) is 11.5 Å². The van der Waals surface area contributed by atoms with Crippen LogP contribution in [0.4, 0.5) is 34.1 Å². The minimum Gasteiger partial charge on any atom is -0.457 e. The molecule has 0 bridgehead atoms. The Labute approximate surface area is 529 Å². The molecule has 1 spiro atoms. The van der Waals surface area contributed by atoms with Crippen molar-refractivity contribution < 1.29 is 9.15 Å². The molecule has 1 aliphatic carbocycles. The molecule has 0 atom stereocenters. The number of thiophene rings is 1. The molecular formula is C85H53N3O2S. The summed E-state index contributed by atoms with van der Waals surface area (Å²) in [6, 6.07) is 117. The first-order valence-corrected chi connectivity index (χ1v) is 31.9. The van der Waals surface area contributed by atoms with Gasteiger partial charge in [0, 0.05) is 81.6 Å². The Morgan fingerprint density at radius 1 is 0.308 bits per heavy atom. The zero-order chi connectivity index (χ0) is 59.7. The van der Waals surface area contributed by atoms with E-state index < -0.39 is 5.41 Å². The molecule has 14 aromatic carbocycles. The van der Waals surface area contributed by atoms with Crippen molar-refractivity contribution in [1.82, 2.24) is 4.57 Å². The van der Waals surface area contributed by atoms with Crippen molar-refractivity contribution in [3.8, 4) is 50.6 Å². The molecule has 0 amide bonds. The third-order valence-corrected chi connectivity index (χ3v) is 20.2. The van der Waals surface area contributed by atoms with Crippen molar-refractivity contribution >= 4 is 109 Å². The second kappa shape index (κ2) is 20.2. The Bertz CT molecular complexity index is 5680. The first-order chi connectivity index (χ1) is 45.1. The van der Waals surface area contributed by atoms with Gasteiger partial charge in [0.1, 0.15) is 22.7 Å². The Morgan fingerprint density at radius 3 is 1.67 bits per heavy atom. The minimum atomic E-state index is -0.661. The molecule has 4 heterocycles. The molecule has 3 aromatic heterocycles. The molecule has 0 saturated heterocycles. The van der Waals surface area contributed by atoms with Gasteiger partial charge in [0.2, 0.25) is 0 Å². The standard InChI is InChI=1S/C85H53N3O2S/c1-4-20-57(21-5-1)86(58-22-6-2-7-23-58)62-44-46-67-76(53-62)88(59-24-8-3-9-25-59)74-33-18-29-63(83(67)74)56-40-47-77-69(51-56)84-75(34-19-36-80(84)89-77)87(60-42-38-54(39-43-60)55-41-49-82-68(50-55)66-28-12-17-37-81(66)91-82)61-45-48-79-73(52-61)85(72-32-15-16-35-78(72)90-79)70-30-13-10-26-64(70)65-27-11-14-31-71(65)85/h1-53H. The number of fused-ring (bicyclic) bond motifs is 18. The van der Waals surface area contributed by atoms with E-state index in [0.29, 0.717) is 0 Å². The van der Waals surface area contributed by atoms with Gasteiger partial charge in [-0.2, -0.15) is 0 Å². The molecule has 6 heteroatoms. The lowest BCUT2D eigenvalue weighted by molar-refractivity contribution is 0.436. The lowest BCUT2D eigenvalue weighted by Gasteiger charge is -2.40. The zero-order valence-corrected chi connectivity index (χ0v) is 50.0. The molecule has 17 aromatic rings. The molecule has 0 fully saturated rings. The van der Waals surface area contributed by atoms with Gasteiger partial charge in [-0.05, 0) is 178 Å². The van der Waals surface area contributed by atoms with Crippen LogP contribution in [0.15, 0.2) is 326 Å². The summed E-state index contributed by atoms with van der Waals surface area (Å²) in [4.78, 5) is 4.78. The van der Waals surface area contributed by atoms with Crippen LogP contribution in [0.25, 0.3) is 103 Å². The number of aromatic nitrogens is 1. The Kier molecular flexibility index (Phi) is 11.4. The predicted molar refractivity (Wildman–Crippen MR) is 379 cm³/mol. The van der Waals surface area contributed by atoms with Crippen molar-refractivity contribution in [2.45, 2.75) is 5.41 Å². The number of benzene rings is 14. The van der Waals surface area contributed by atoms with Crippen LogP contribution in [0.2, 0.25) is 0 Å². The number of hydrogen-bond acceptors (Lipinski definition) is 5. The molecule has 19 rings (SSSR count). The summed E-state index contributed by atoms with van der Waals surface area (Å²) in [5.74, 6) is 1.70. The van der Waals surface area contributed by atoms with Crippen molar-refractivity contribution in [2.75, 3.05) is 9.80 Å². The van der Waals surface area contributed by atoms with Gasteiger partial charge in [-0.15, -0.1) is 11.3 Å². The Morgan fingerprint density at radius 2 is 0.890 bits per heavy atom. The largest absolute Gasteiger partial charge is 0.457 e. The van der Waals surface area contributed by atoms with Crippen LogP contribution in [0.1, 0.15) is 22.3 Å². The van der Waals surface area contributed by atoms with E-state index in [-0.39, 0.29) is 0 Å². The van der Waals surface area contributed by atoms with Crippen LogP contribution in [0, 0.1) is 0 Å². The molecule has 1 aliphatic heterocycles. The highest BCUT2D eigenvalue weighted by Crippen LogP contribution is 2.63. The third kappa shape index (κ3) is 7.76. The van der Waals surface area contributed by atoms with Gasteiger partial charge in [-0.1, -0.05) is 188 Å². The van der Waals surface area contributed by atoms with E-state index in [0.717, 1.165) is 112 Å². The quantitative estimate of drug-likeness (QED) is 0.144. The van der Waals surface area contributed by atoms with Crippen LogP contribution < -0.4 is 14.5 Å². The summed E-state index contributed by atoms with van der Waals surface area (Å²) in [7, 11) is 0. The maximum Gasteiger partial charge on any atom is 0.137 e. The fourth-order valence-electron chi connectivity index (χ4n) is 15.2. The Hall–Kier alpha value is -11.7. The molecule has 2 aliphatic rings. The van der Waals surface area contributed by atoms with E-state index in [9.17, 15) is 0 Å². The van der Waals surface area contributed by atoms with Crippen LogP contribution in [-0.2, 0) is 5.41 Å². The van der Waals surface area contributed by atoms with Gasteiger partial charge in [0.05, 0.1) is 27.5 Å². The fourth-order valence-corrected chi connectivity index (χ4v) is 16.3. The normalized spacial score (nSPS) is 12.8. The number of furan rings is 1. The second-order valence-electron chi connectivity index (χ2n) is 23.9. The maximum atomic E-state index is 7.03. The van der Waals surface area contributed by atoms with Gasteiger partial charge < -0.3 is 23.5 Å². The zero-order valence-electron chi connectivity index (χ0n) is 49.2. The fraction of sp³-hybridized carbons (Fsp3) is 0.0118. The highest BCUT2D eigenvalue weighted by molar-refractivity contribution is 7.25. The highest BCUT2D eigenvalue weighted by Gasteiger charge is 2.51. The van der Waals surface area contributed by atoms with Crippen LogP contribution >= 0.6 is 11.3 Å². The first kappa shape index (κ1) is 51.4. The molecule has 426 valence electrons. The molecule has 0 unspecified atom stereocenters. The summed E-state index contributed by atoms with van der Waals surface area (Å²) in [6.45, 7) is 0. The van der Waals surface area contributed by atoms with E-state index >= 15 is 0 Å². The Balaban J connectivity index is 0.817. The summed E-state index contributed by atoms with van der Waals surface area (Å²) >= 11 is 1.85. The number of anilines is 6. The van der Waals surface area contributed by atoms with E-state index in [1.165, 1.54) is 58.8 Å². The topological polar surface area (TPSA) is 33.8 Å². The molecule has 0 saturated carbocycles. The van der Waals surface area contributed by atoms with Crippen molar-refractivity contribution in [1.29, 1.82) is 0 Å². The van der Waals surface area contributed by atoms with E-state index in [2.05, 4.69) is 336 Å². The van der Waals surface area contributed by atoms with Gasteiger partial charge in [-0.25, -0.2) is 0 Å². The molecule has 0 radical (unpaired) electrons. The second-order valence-corrected chi connectivity index (χ2v) is 24.9. The number of ether oxygens (including phenoxy) is 1. The maximum absolute atomic E-state index is 7.03. The average molecular weight is 1180 g/mol. The minimum absolute atomic E-state index is 0.661.